The van der Waals surface area contributed by atoms with Crippen LogP contribution in [0.1, 0.15) is 31.0 Å². The molecule has 1 atom stereocenters. The van der Waals surface area contributed by atoms with Gasteiger partial charge in [0, 0.05) is 19.8 Å². The van der Waals surface area contributed by atoms with Crippen molar-refractivity contribution in [1.82, 2.24) is 9.78 Å². The molecule has 0 spiro atoms. The summed E-state index contributed by atoms with van der Waals surface area (Å²) in [6, 6.07) is 0. The second kappa shape index (κ2) is 4.99. The van der Waals surface area contributed by atoms with Gasteiger partial charge in [0.2, 0.25) is 0 Å². The quantitative estimate of drug-likeness (QED) is 0.613. The molecule has 0 aliphatic heterocycles. The Balaban J connectivity index is 3.39. The van der Waals surface area contributed by atoms with Crippen molar-refractivity contribution >= 4 is 11.7 Å². The van der Waals surface area contributed by atoms with Crippen LogP contribution in [0.3, 0.4) is 0 Å². The van der Waals surface area contributed by atoms with Crippen LogP contribution < -0.4 is 5.56 Å². The zero-order valence-electron chi connectivity index (χ0n) is 10.7. The number of carbonyl (C=O) groups excluding carboxylic acids is 1. The van der Waals surface area contributed by atoms with E-state index in [2.05, 4.69) is 14.8 Å². The van der Waals surface area contributed by atoms with E-state index in [9.17, 15) is 9.59 Å². The van der Waals surface area contributed by atoms with Gasteiger partial charge in [0.1, 0.15) is 0 Å². The monoisotopic (exact) mass is 239 g/mol. The predicted octanol–water partition coefficient (Wildman–Crippen LogP) is 0.429. The molecule has 0 aliphatic rings. The largest absolute Gasteiger partial charge is 0.469 e. The summed E-state index contributed by atoms with van der Waals surface area (Å²) in [5, 5.41) is 2.87. The Kier molecular flexibility index (Phi) is 3.88. The minimum absolute atomic E-state index is 0.196. The fourth-order valence-electron chi connectivity index (χ4n) is 1.64. The highest BCUT2D eigenvalue weighted by molar-refractivity contribution is 6.00. The van der Waals surface area contributed by atoms with Gasteiger partial charge >= 0.3 is 5.97 Å². The number of H-pyrrole nitrogens is 1. The van der Waals surface area contributed by atoms with E-state index in [1.165, 1.54) is 11.8 Å². The van der Waals surface area contributed by atoms with Crippen molar-refractivity contribution in [3.05, 3.63) is 21.6 Å². The average Bonchev–Trinajstić information content (AvgIpc) is 2.63. The van der Waals surface area contributed by atoms with Gasteiger partial charge < -0.3 is 4.74 Å². The smallest absolute Gasteiger partial charge is 0.314 e. The Hall–Kier alpha value is -1.85. The maximum absolute atomic E-state index is 11.9. The van der Waals surface area contributed by atoms with E-state index in [4.69, 9.17) is 0 Å². The van der Waals surface area contributed by atoms with Crippen molar-refractivity contribution in [3.63, 3.8) is 0 Å². The Morgan fingerprint density at radius 1 is 1.53 bits per heavy atom. The first kappa shape index (κ1) is 13.2. The van der Waals surface area contributed by atoms with E-state index in [0.717, 1.165) is 0 Å². The lowest BCUT2D eigenvalue weighted by molar-refractivity contribution is -0.142. The van der Waals surface area contributed by atoms with E-state index in [0.29, 0.717) is 17.0 Å². The summed E-state index contributed by atoms with van der Waals surface area (Å²) < 4.78 is 6.01. The lowest BCUT2D eigenvalue weighted by Crippen LogP contribution is -2.19. The van der Waals surface area contributed by atoms with Gasteiger partial charge in [-0.1, -0.05) is 0 Å². The zero-order valence-corrected chi connectivity index (χ0v) is 10.7. The third-order valence-corrected chi connectivity index (χ3v) is 2.76. The van der Waals surface area contributed by atoms with Crippen molar-refractivity contribution in [1.29, 1.82) is 0 Å². The minimum atomic E-state index is -0.527. The van der Waals surface area contributed by atoms with Crippen molar-refractivity contribution < 1.29 is 9.53 Å². The third-order valence-electron chi connectivity index (χ3n) is 2.76. The molecule has 6 nitrogen and oxygen atoms in total. The SMILES string of the molecule is CN=C(C)c1c(C(C)C(=O)OC)[nH]n(C)c1=O. The Labute approximate surface area is 99.3 Å². The molecule has 0 bridgehead atoms. The number of hydrogen-bond donors (Lipinski definition) is 1. The van der Waals surface area contributed by atoms with Crippen molar-refractivity contribution in [2.24, 2.45) is 12.0 Å². The molecule has 1 aromatic heterocycles. The van der Waals surface area contributed by atoms with Crippen molar-refractivity contribution in [3.8, 4) is 0 Å². The molecule has 17 heavy (non-hydrogen) atoms. The molecular weight excluding hydrogens is 222 g/mol. The molecule has 6 heteroatoms. The molecule has 1 rings (SSSR count). The number of aryl methyl sites for hydroxylation is 1. The Morgan fingerprint density at radius 3 is 2.59 bits per heavy atom. The number of ether oxygens (including phenoxy) is 1. The van der Waals surface area contributed by atoms with Gasteiger partial charge in [-0.15, -0.1) is 0 Å². The number of rotatable bonds is 3. The maximum Gasteiger partial charge on any atom is 0.314 e. The van der Waals surface area contributed by atoms with E-state index in [-0.39, 0.29) is 5.56 Å². The number of aromatic nitrogens is 2. The standard InChI is InChI=1S/C11H17N3O3/c1-6(11(16)17-5)9-8(7(2)12-3)10(15)14(4)13-9/h6,13H,1-5H3. The number of methoxy groups -OCH3 is 1. The number of nitrogens with one attached hydrogen (secondary N) is 1. The molecule has 1 aromatic rings. The Morgan fingerprint density at radius 2 is 2.12 bits per heavy atom. The summed E-state index contributed by atoms with van der Waals surface area (Å²) in [7, 11) is 4.52. The van der Waals surface area contributed by atoms with Crippen molar-refractivity contribution in [2.45, 2.75) is 19.8 Å². The molecule has 1 heterocycles. The first-order chi connectivity index (χ1) is 7.93. The number of nitrogens with zero attached hydrogens (tertiary/aromatic N) is 2. The van der Waals surface area contributed by atoms with Crippen LogP contribution in [0.25, 0.3) is 0 Å². The molecule has 0 amide bonds. The summed E-state index contributed by atoms with van der Waals surface area (Å²) in [5.74, 6) is -0.919. The van der Waals surface area contributed by atoms with Crippen LogP contribution in [-0.4, -0.2) is 35.6 Å². The summed E-state index contributed by atoms with van der Waals surface area (Å²) >= 11 is 0. The van der Waals surface area contributed by atoms with Gasteiger partial charge in [-0.25, -0.2) is 0 Å². The fraction of sp³-hybridized carbons (Fsp3) is 0.545. The molecule has 0 radical (unpaired) electrons. The highest BCUT2D eigenvalue weighted by Gasteiger charge is 2.25. The van der Waals surface area contributed by atoms with Crippen LogP contribution in [0.5, 0.6) is 0 Å². The molecule has 1 unspecified atom stereocenters. The lowest BCUT2D eigenvalue weighted by Gasteiger charge is -2.08. The van der Waals surface area contributed by atoms with E-state index in [1.54, 1.807) is 27.9 Å². The maximum atomic E-state index is 11.9. The zero-order chi connectivity index (χ0) is 13.2. The molecular formula is C11H17N3O3. The van der Waals surface area contributed by atoms with Crippen LogP contribution in [0, 0.1) is 0 Å². The predicted molar refractivity (Wildman–Crippen MR) is 64.6 cm³/mol. The van der Waals surface area contributed by atoms with E-state index >= 15 is 0 Å². The van der Waals surface area contributed by atoms with Gasteiger partial charge in [-0.05, 0) is 13.8 Å². The van der Waals surface area contributed by atoms with Gasteiger partial charge in [-0.2, -0.15) is 0 Å². The minimum Gasteiger partial charge on any atom is -0.469 e. The molecule has 0 fully saturated rings. The average molecular weight is 239 g/mol. The summed E-state index contributed by atoms with van der Waals surface area (Å²) in [5.41, 5.74) is 1.37. The topological polar surface area (TPSA) is 76.4 Å². The van der Waals surface area contributed by atoms with Gasteiger partial charge in [0.05, 0.1) is 24.3 Å². The van der Waals surface area contributed by atoms with Crippen LogP contribution in [-0.2, 0) is 16.6 Å². The Bertz CT molecular complexity index is 511. The third kappa shape index (κ3) is 2.30. The van der Waals surface area contributed by atoms with Crippen molar-refractivity contribution in [2.75, 3.05) is 14.2 Å². The van der Waals surface area contributed by atoms with Crippen LogP contribution in [0.4, 0.5) is 0 Å². The van der Waals surface area contributed by atoms with Gasteiger partial charge in [0.25, 0.3) is 5.56 Å². The molecule has 0 saturated carbocycles. The van der Waals surface area contributed by atoms with E-state index in [1.807, 2.05) is 0 Å². The number of aliphatic imine (C=N–C) groups is 1. The fourth-order valence-corrected chi connectivity index (χ4v) is 1.64. The van der Waals surface area contributed by atoms with Crippen LogP contribution in [0.15, 0.2) is 9.79 Å². The van der Waals surface area contributed by atoms with Gasteiger partial charge in [-0.3, -0.25) is 24.4 Å². The molecule has 94 valence electrons. The summed E-state index contributed by atoms with van der Waals surface area (Å²) in [6.07, 6.45) is 0. The number of hydrogen-bond acceptors (Lipinski definition) is 4. The van der Waals surface area contributed by atoms with Crippen LogP contribution >= 0.6 is 0 Å². The number of aromatic amines is 1. The first-order valence-electron chi connectivity index (χ1n) is 5.24. The van der Waals surface area contributed by atoms with Gasteiger partial charge in [0.15, 0.2) is 0 Å². The summed E-state index contributed by atoms with van der Waals surface area (Å²) in [4.78, 5) is 27.4. The normalized spacial score (nSPS) is 13.6. The number of carbonyl (C=O) groups is 1. The van der Waals surface area contributed by atoms with Crippen LogP contribution in [0.2, 0.25) is 0 Å². The summed E-state index contributed by atoms with van der Waals surface area (Å²) in [6.45, 7) is 3.42. The second-order valence-corrected chi connectivity index (χ2v) is 3.82. The number of esters is 1. The van der Waals surface area contributed by atoms with E-state index < -0.39 is 11.9 Å². The first-order valence-corrected chi connectivity index (χ1v) is 5.24. The molecule has 0 aliphatic carbocycles. The lowest BCUT2D eigenvalue weighted by atomic mass is 10.0. The molecule has 0 aromatic carbocycles. The molecule has 1 N–H and O–H groups in total. The second-order valence-electron chi connectivity index (χ2n) is 3.82. The highest BCUT2D eigenvalue weighted by atomic mass is 16.5. The molecule has 0 saturated heterocycles. The highest BCUT2D eigenvalue weighted by Crippen LogP contribution is 2.17.